The van der Waals surface area contributed by atoms with Crippen LogP contribution in [0.5, 0.6) is 0 Å². The van der Waals surface area contributed by atoms with Gasteiger partial charge >= 0.3 is 6.03 Å². The summed E-state index contributed by atoms with van der Waals surface area (Å²) in [5.74, 6) is -0.0406. The molecule has 1 aromatic carbocycles. The number of hydrogen-bond donors (Lipinski definition) is 3. The molecule has 2 unspecified atom stereocenters. The third kappa shape index (κ3) is 3.64. The van der Waals surface area contributed by atoms with Gasteiger partial charge in [-0.15, -0.1) is 0 Å². The van der Waals surface area contributed by atoms with Crippen molar-refractivity contribution in [3.63, 3.8) is 0 Å². The number of carbonyl (C=O) groups is 1. The van der Waals surface area contributed by atoms with Gasteiger partial charge in [-0.2, -0.15) is 0 Å². The summed E-state index contributed by atoms with van der Waals surface area (Å²) < 4.78 is 12.9. The number of carbonyl (C=O) groups excluding carboxylic acids is 1. The average Bonchev–Trinajstić information content (AvgIpc) is 3.26. The molecular weight excluding hydrogens is 309 g/mol. The number of aromatic nitrogens is 1. The van der Waals surface area contributed by atoms with Gasteiger partial charge in [-0.25, -0.2) is 9.18 Å². The monoisotopic (exact) mass is 329 g/mol. The number of halogens is 1. The van der Waals surface area contributed by atoms with E-state index in [0.29, 0.717) is 5.56 Å². The molecule has 0 aliphatic heterocycles. The first-order valence-corrected chi connectivity index (χ1v) is 7.93. The molecule has 1 saturated carbocycles. The van der Waals surface area contributed by atoms with Gasteiger partial charge in [-0.05, 0) is 49.6 Å². The van der Waals surface area contributed by atoms with Gasteiger partial charge in [0.25, 0.3) is 5.56 Å². The van der Waals surface area contributed by atoms with Crippen LogP contribution in [-0.4, -0.2) is 17.1 Å². The molecule has 1 fully saturated rings. The van der Waals surface area contributed by atoms with Crippen LogP contribution in [0.15, 0.2) is 35.1 Å². The molecule has 1 aliphatic rings. The fraction of sp³-hybridized carbons (Fsp3) is 0.333. The number of benzene rings is 1. The van der Waals surface area contributed by atoms with Crippen LogP contribution in [0, 0.1) is 19.7 Å². The van der Waals surface area contributed by atoms with Gasteiger partial charge in [0.1, 0.15) is 5.82 Å². The summed E-state index contributed by atoms with van der Waals surface area (Å²) in [5.41, 5.74) is 3.05. The number of urea groups is 1. The van der Waals surface area contributed by atoms with Crippen LogP contribution in [0.3, 0.4) is 0 Å². The van der Waals surface area contributed by atoms with Crippen LogP contribution in [0.25, 0.3) is 0 Å². The normalized spacial score (nSPS) is 19.0. The highest BCUT2D eigenvalue weighted by Gasteiger charge is 2.39. The Hall–Kier alpha value is -2.63. The molecule has 0 spiro atoms. The minimum Gasteiger partial charge on any atom is -0.335 e. The van der Waals surface area contributed by atoms with Crippen LogP contribution in [0.1, 0.15) is 34.7 Å². The second-order valence-electron chi connectivity index (χ2n) is 6.27. The lowest BCUT2D eigenvalue weighted by Crippen LogP contribution is -2.38. The Kier molecular flexibility index (Phi) is 4.38. The summed E-state index contributed by atoms with van der Waals surface area (Å²) in [7, 11) is 0. The molecule has 1 aliphatic carbocycles. The quantitative estimate of drug-likeness (QED) is 0.806. The molecule has 0 saturated heterocycles. The van der Waals surface area contributed by atoms with Gasteiger partial charge in [0.15, 0.2) is 0 Å². The van der Waals surface area contributed by atoms with Crippen LogP contribution in [0.4, 0.5) is 9.18 Å². The number of aryl methyl sites for hydroxylation is 2. The maximum absolute atomic E-state index is 12.9. The van der Waals surface area contributed by atoms with E-state index in [4.69, 9.17) is 0 Å². The van der Waals surface area contributed by atoms with E-state index in [-0.39, 0.29) is 35.9 Å². The number of H-pyrrole nitrogens is 1. The zero-order valence-corrected chi connectivity index (χ0v) is 13.7. The lowest BCUT2D eigenvalue weighted by atomic mass is 10.1. The SMILES string of the molecule is Cc1cc(C)c(CNC(=O)NC2CC2c2ccc(F)cc2)c(=O)[nH]1. The van der Waals surface area contributed by atoms with Crippen LogP contribution in [-0.2, 0) is 6.54 Å². The summed E-state index contributed by atoms with van der Waals surface area (Å²) in [6.45, 7) is 3.85. The number of amides is 2. The fourth-order valence-corrected chi connectivity index (χ4v) is 2.92. The summed E-state index contributed by atoms with van der Waals surface area (Å²) in [5, 5.41) is 5.60. The molecule has 2 amide bonds. The summed E-state index contributed by atoms with van der Waals surface area (Å²) in [6, 6.07) is 7.97. The number of pyridine rings is 1. The smallest absolute Gasteiger partial charge is 0.315 e. The van der Waals surface area contributed by atoms with E-state index < -0.39 is 0 Å². The third-order valence-corrected chi connectivity index (χ3v) is 4.32. The lowest BCUT2D eigenvalue weighted by molar-refractivity contribution is 0.240. The molecular formula is C18H20FN3O2. The van der Waals surface area contributed by atoms with Crippen molar-refractivity contribution >= 4 is 6.03 Å². The van der Waals surface area contributed by atoms with Crippen molar-refractivity contribution in [3.8, 4) is 0 Å². The van der Waals surface area contributed by atoms with Crippen molar-refractivity contribution in [1.82, 2.24) is 15.6 Å². The number of nitrogens with one attached hydrogen (secondary N) is 3. The van der Waals surface area contributed by atoms with Crippen LogP contribution in [0.2, 0.25) is 0 Å². The Bertz CT molecular complexity index is 814. The molecule has 3 rings (SSSR count). The lowest BCUT2D eigenvalue weighted by Gasteiger charge is -2.09. The second-order valence-corrected chi connectivity index (χ2v) is 6.27. The molecule has 126 valence electrons. The van der Waals surface area contributed by atoms with Gasteiger partial charge in [0.2, 0.25) is 0 Å². The molecule has 5 nitrogen and oxygen atoms in total. The molecule has 0 bridgehead atoms. The van der Waals surface area contributed by atoms with E-state index in [1.54, 1.807) is 12.1 Å². The molecule has 24 heavy (non-hydrogen) atoms. The second kappa shape index (κ2) is 6.47. The van der Waals surface area contributed by atoms with E-state index in [9.17, 15) is 14.0 Å². The minimum absolute atomic E-state index is 0.0489. The fourth-order valence-electron chi connectivity index (χ4n) is 2.92. The van der Waals surface area contributed by atoms with Gasteiger partial charge in [0, 0.05) is 23.2 Å². The Morgan fingerprint density at radius 2 is 2.00 bits per heavy atom. The molecule has 0 radical (unpaired) electrons. The molecule has 1 heterocycles. The third-order valence-electron chi connectivity index (χ3n) is 4.32. The highest BCUT2D eigenvalue weighted by Crippen LogP contribution is 2.40. The van der Waals surface area contributed by atoms with Gasteiger partial charge in [-0.3, -0.25) is 4.79 Å². The molecule has 3 N–H and O–H groups in total. The largest absolute Gasteiger partial charge is 0.335 e. The predicted molar refractivity (Wildman–Crippen MR) is 89.5 cm³/mol. The van der Waals surface area contributed by atoms with Crippen molar-refractivity contribution < 1.29 is 9.18 Å². The Labute approximate surface area is 139 Å². The molecule has 2 atom stereocenters. The van der Waals surface area contributed by atoms with Crippen molar-refractivity contribution in [2.24, 2.45) is 0 Å². The summed E-state index contributed by atoms with van der Waals surface area (Å²) >= 11 is 0. The van der Waals surface area contributed by atoms with E-state index in [1.165, 1.54) is 12.1 Å². The van der Waals surface area contributed by atoms with E-state index in [0.717, 1.165) is 23.2 Å². The number of aromatic amines is 1. The predicted octanol–water partition coefficient (Wildman–Crippen LogP) is 2.49. The van der Waals surface area contributed by atoms with E-state index in [2.05, 4.69) is 15.6 Å². The van der Waals surface area contributed by atoms with Gasteiger partial charge in [-0.1, -0.05) is 12.1 Å². The summed E-state index contributed by atoms with van der Waals surface area (Å²) in [4.78, 5) is 26.6. The Morgan fingerprint density at radius 3 is 2.67 bits per heavy atom. The number of hydrogen-bond acceptors (Lipinski definition) is 2. The van der Waals surface area contributed by atoms with Crippen molar-refractivity contribution in [2.75, 3.05) is 0 Å². The first kappa shape index (κ1) is 16.2. The van der Waals surface area contributed by atoms with E-state index in [1.807, 2.05) is 19.9 Å². The minimum atomic E-state index is -0.302. The highest BCUT2D eigenvalue weighted by molar-refractivity contribution is 5.75. The van der Waals surface area contributed by atoms with Gasteiger partial charge in [0.05, 0.1) is 6.54 Å². The zero-order valence-electron chi connectivity index (χ0n) is 13.7. The topological polar surface area (TPSA) is 74.0 Å². The maximum Gasteiger partial charge on any atom is 0.315 e. The van der Waals surface area contributed by atoms with Crippen LogP contribution >= 0.6 is 0 Å². The molecule has 1 aromatic heterocycles. The highest BCUT2D eigenvalue weighted by atomic mass is 19.1. The first-order chi connectivity index (χ1) is 11.4. The Balaban J connectivity index is 1.52. The molecule has 2 aromatic rings. The summed E-state index contributed by atoms with van der Waals surface area (Å²) in [6.07, 6.45) is 0.837. The maximum atomic E-state index is 12.9. The standard InChI is InChI=1S/C18H20FN3O2/c1-10-7-11(2)21-17(23)15(10)9-20-18(24)22-16-8-14(16)12-3-5-13(19)6-4-12/h3-7,14,16H,8-9H2,1-2H3,(H,21,23)(H2,20,22,24). The Morgan fingerprint density at radius 1 is 1.29 bits per heavy atom. The van der Waals surface area contributed by atoms with E-state index >= 15 is 0 Å². The van der Waals surface area contributed by atoms with Crippen molar-refractivity contribution in [3.05, 3.63) is 68.9 Å². The van der Waals surface area contributed by atoms with Gasteiger partial charge < -0.3 is 15.6 Å². The van der Waals surface area contributed by atoms with Crippen molar-refractivity contribution in [1.29, 1.82) is 0 Å². The molecule has 6 heteroatoms. The van der Waals surface area contributed by atoms with Crippen LogP contribution < -0.4 is 16.2 Å². The van der Waals surface area contributed by atoms with Crippen molar-refractivity contribution in [2.45, 2.75) is 38.8 Å². The first-order valence-electron chi connectivity index (χ1n) is 7.93. The average molecular weight is 329 g/mol. The number of rotatable bonds is 4. The zero-order chi connectivity index (χ0) is 17.3.